The quantitative estimate of drug-likeness (QED) is 0.230. The van der Waals surface area contributed by atoms with Gasteiger partial charge >= 0.3 is 5.97 Å². The molecule has 1 aliphatic rings. The van der Waals surface area contributed by atoms with Crippen molar-refractivity contribution in [1.82, 2.24) is 10.3 Å². The zero-order chi connectivity index (χ0) is 26.2. The molecule has 0 radical (unpaired) electrons. The van der Waals surface area contributed by atoms with E-state index in [1.54, 1.807) is 30.5 Å². The molecule has 2 aromatic rings. The van der Waals surface area contributed by atoms with E-state index in [1.165, 1.54) is 51.4 Å². The molecule has 0 spiro atoms. The number of nitrogens with zero attached hydrogens (tertiary/aromatic N) is 1. The summed E-state index contributed by atoms with van der Waals surface area (Å²) < 4.78 is 10.6. The average molecular weight is 542 g/mol. The molecule has 200 valence electrons. The smallest absolute Gasteiger partial charge is 0.314 e. The lowest BCUT2D eigenvalue weighted by Crippen LogP contribution is -2.16. The summed E-state index contributed by atoms with van der Waals surface area (Å²) in [7, 11) is 0. The van der Waals surface area contributed by atoms with Gasteiger partial charge in [-0.3, -0.25) is 4.79 Å². The summed E-state index contributed by atoms with van der Waals surface area (Å²) >= 11 is 12.3. The molecule has 0 aliphatic carbocycles. The Morgan fingerprint density at radius 3 is 2.58 bits per heavy atom. The molecule has 7 nitrogen and oxygen atoms in total. The lowest BCUT2D eigenvalue weighted by atomic mass is 10.0. The van der Waals surface area contributed by atoms with Gasteiger partial charge in [-0.05, 0) is 31.2 Å². The first-order valence-electron chi connectivity index (χ1n) is 12.7. The first-order chi connectivity index (χ1) is 17.5. The van der Waals surface area contributed by atoms with Crippen LogP contribution in [0, 0.1) is 0 Å². The summed E-state index contributed by atoms with van der Waals surface area (Å²) in [5.41, 5.74) is 1.57. The van der Waals surface area contributed by atoms with E-state index >= 15 is 0 Å². The molecule has 1 aromatic heterocycles. The number of ether oxygens (including phenoxy) is 2. The molecular formula is C27H38Cl2N2O5. The van der Waals surface area contributed by atoms with Crippen LogP contribution >= 0.6 is 23.2 Å². The number of aliphatic hydroxyl groups excluding tert-OH is 1. The van der Waals surface area contributed by atoms with E-state index in [9.17, 15) is 4.79 Å². The number of pyridine rings is 1. The van der Waals surface area contributed by atoms with Crippen LogP contribution in [-0.2, 0) is 11.3 Å². The highest BCUT2D eigenvalue weighted by Gasteiger charge is 2.30. The van der Waals surface area contributed by atoms with Gasteiger partial charge in [-0.1, -0.05) is 81.1 Å². The molecule has 0 amide bonds. The Kier molecular flexibility index (Phi) is 14.6. The second kappa shape index (κ2) is 17.4. The Balaban J connectivity index is 0.000000313. The van der Waals surface area contributed by atoms with Gasteiger partial charge in [-0.25, -0.2) is 4.98 Å². The average Bonchev–Trinajstić information content (AvgIpc) is 3.30. The summed E-state index contributed by atoms with van der Waals surface area (Å²) in [5.74, 6) is -0.315. The molecule has 2 heterocycles. The molecule has 1 aliphatic heterocycles. The topological polar surface area (TPSA) is 101 Å². The number of aromatic nitrogens is 1. The van der Waals surface area contributed by atoms with Gasteiger partial charge in [-0.15, -0.1) is 0 Å². The number of nitrogens with one attached hydrogen (secondary N) is 1. The molecule has 0 saturated heterocycles. The number of unbranched alkanes of at least 4 members (excludes halogenated alkanes) is 7. The van der Waals surface area contributed by atoms with Crippen LogP contribution in [-0.4, -0.2) is 47.5 Å². The van der Waals surface area contributed by atoms with Gasteiger partial charge < -0.3 is 25.0 Å². The summed E-state index contributed by atoms with van der Waals surface area (Å²) in [5, 5.41) is 22.2. The van der Waals surface area contributed by atoms with Crippen molar-refractivity contribution < 1.29 is 24.5 Å². The molecule has 9 heteroatoms. The van der Waals surface area contributed by atoms with Gasteiger partial charge in [0.25, 0.3) is 0 Å². The van der Waals surface area contributed by atoms with E-state index in [2.05, 4.69) is 17.2 Å². The number of aliphatic carboxylic acids is 1. The molecule has 0 fully saturated rings. The highest BCUT2D eigenvalue weighted by molar-refractivity contribution is 6.35. The molecule has 1 aromatic carbocycles. The molecule has 0 saturated carbocycles. The normalized spacial score (nSPS) is 13.9. The maximum absolute atomic E-state index is 10.7. The molecule has 0 bridgehead atoms. The fraction of sp³-hybridized carbons (Fsp3) is 0.556. The zero-order valence-electron chi connectivity index (χ0n) is 21.0. The monoisotopic (exact) mass is 540 g/mol. The van der Waals surface area contributed by atoms with E-state index in [0.29, 0.717) is 33.8 Å². The largest absolute Gasteiger partial charge is 0.491 e. The van der Waals surface area contributed by atoms with Crippen LogP contribution in [0.1, 0.15) is 75.3 Å². The number of carbonyl (C=O) groups is 1. The van der Waals surface area contributed by atoms with Gasteiger partial charge in [0.05, 0.1) is 11.6 Å². The fourth-order valence-corrected chi connectivity index (χ4v) is 4.42. The third kappa shape index (κ3) is 10.5. The van der Waals surface area contributed by atoms with Crippen LogP contribution in [0.15, 0.2) is 30.5 Å². The maximum atomic E-state index is 10.7. The number of benzene rings is 1. The molecule has 1 atom stereocenters. The Morgan fingerprint density at radius 1 is 1.17 bits per heavy atom. The van der Waals surface area contributed by atoms with Crippen LogP contribution in [0.25, 0.3) is 0 Å². The van der Waals surface area contributed by atoms with E-state index < -0.39 is 11.9 Å². The summed E-state index contributed by atoms with van der Waals surface area (Å²) in [6.45, 7) is 4.26. The van der Waals surface area contributed by atoms with E-state index in [-0.39, 0.29) is 19.8 Å². The zero-order valence-corrected chi connectivity index (χ0v) is 22.5. The van der Waals surface area contributed by atoms with Crippen molar-refractivity contribution in [3.05, 3.63) is 51.6 Å². The van der Waals surface area contributed by atoms with Gasteiger partial charge in [-0.2, -0.15) is 0 Å². The van der Waals surface area contributed by atoms with E-state index in [4.69, 9.17) is 42.9 Å². The second-order valence-corrected chi connectivity index (χ2v) is 9.53. The number of hydrogen-bond acceptors (Lipinski definition) is 6. The fourth-order valence-electron chi connectivity index (χ4n) is 3.88. The minimum atomic E-state index is -0.859. The molecule has 3 N–H and O–H groups in total. The lowest BCUT2D eigenvalue weighted by Gasteiger charge is -2.14. The minimum absolute atomic E-state index is 0.0325. The highest BCUT2D eigenvalue weighted by atomic mass is 35.5. The van der Waals surface area contributed by atoms with Crippen LogP contribution in [0.3, 0.4) is 0 Å². The maximum Gasteiger partial charge on any atom is 0.314 e. The van der Waals surface area contributed by atoms with Crippen LogP contribution in [0.5, 0.6) is 11.6 Å². The molecular weight excluding hydrogens is 503 g/mol. The first kappa shape index (κ1) is 30.2. The van der Waals surface area contributed by atoms with Crippen molar-refractivity contribution in [2.45, 2.75) is 70.8 Å². The highest BCUT2D eigenvalue weighted by Crippen LogP contribution is 2.32. The number of carboxylic acids is 1. The van der Waals surface area contributed by atoms with Crippen molar-refractivity contribution >= 4 is 29.2 Å². The first-order valence-corrected chi connectivity index (χ1v) is 13.5. The Bertz CT molecular complexity index is 929. The van der Waals surface area contributed by atoms with Gasteiger partial charge in [0, 0.05) is 28.9 Å². The number of fused-ring (bicyclic) bond motifs is 1. The predicted octanol–water partition coefficient (Wildman–Crippen LogP) is 6.24. The standard InChI is InChI=1S/C19H31Cl2NO2.C8H7NO3/c1-2-3-4-5-6-7-8-9-10-22-15-17-18(21)13-16(20)14-19(17)24-12-11-23;10-8(11)6-4-12-7-5(6)2-1-3-9-7/h13-14,22-23H,2-12,15H2,1H3;1-3,6H,4H2,(H,10,11). The van der Waals surface area contributed by atoms with Crippen molar-refractivity contribution in [1.29, 1.82) is 0 Å². The number of rotatable bonds is 15. The SMILES string of the molecule is CCCCCCCCCCNCc1c(Cl)cc(Cl)cc1OCCO.O=C(O)C1COc2ncccc21. The van der Waals surface area contributed by atoms with Crippen LogP contribution < -0.4 is 14.8 Å². The van der Waals surface area contributed by atoms with Crippen LogP contribution in [0.2, 0.25) is 10.0 Å². The van der Waals surface area contributed by atoms with E-state index in [1.807, 2.05) is 0 Å². The summed E-state index contributed by atoms with van der Waals surface area (Å²) in [6, 6.07) is 6.91. The molecule has 1 unspecified atom stereocenters. The Morgan fingerprint density at radius 2 is 1.89 bits per heavy atom. The van der Waals surface area contributed by atoms with Crippen molar-refractivity contribution in [2.24, 2.45) is 0 Å². The lowest BCUT2D eigenvalue weighted by molar-refractivity contribution is -0.138. The third-order valence-corrected chi connectivity index (χ3v) is 6.39. The number of halogens is 2. The number of carboxylic acid groups (broad SMARTS) is 1. The predicted molar refractivity (Wildman–Crippen MR) is 143 cm³/mol. The summed E-state index contributed by atoms with van der Waals surface area (Å²) in [4.78, 5) is 14.6. The van der Waals surface area contributed by atoms with Crippen molar-refractivity contribution in [3.63, 3.8) is 0 Å². The number of hydrogen-bond donors (Lipinski definition) is 3. The third-order valence-electron chi connectivity index (χ3n) is 5.84. The van der Waals surface area contributed by atoms with E-state index in [0.717, 1.165) is 12.1 Å². The van der Waals surface area contributed by atoms with Crippen molar-refractivity contribution in [2.75, 3.05) is 26.4 Å². The second-order valence-electron chi connectivity index (χ2n) is 8.69. The number of aliphatic hydroxyl groups is 1. The molecule has 3 rings (SSSR count). The Hall–Kier alpha value is -2.06. The minimum Gasteiger partial charge on any atom is -0.491 e. The van der Waals surface area contributed by atoms with Gasteiger partial charge in [0.15, 0.2) is 0 Å². The van der Waals surface area contributed by atoms with Crippen molar-refractivity contribution in [3.8, 4) is 11.6 Å². The van der Waals surface area contributed by atoms with Gasteiger partial charge in [0.2, 0.25) is 5.88 Å². The Labute approximate surface area is 224 Å². The van der Waals surface area contributed by atoms with Crippen LogP contribution in [0.4, 0.5) is 0 Å². The van der Waals surface area contributed by atoms with Gasteiger partial charge in [0.1, 0.15) is 24.9 Å². The molecule has 36 heavy (non-hydrogen) atoms. The summed E-state index contributed by atoms with van der Waals surface area (Å²) in [6.07, 6.45) is 12.1.